The summed E-state index contributed by atoms with van der Waals surface area (Å²) in [6, 6.07) is 13.7. The van der Waals surface area contributed by atoms with Gasteiger partial charge in [-0.15, -0.1) is 0 Å². The van der Waals surface area contributed by atoms with Crippen LogP contribution in [-0.4, -0.2) is 44.7 Å². The molecule has 0 saturated heterocycles. The fourth-order valence-electron chi connectivity index (χ4n) is 2.57. The van der Waals surface area contributed by atoms with Crippen molar-refractivity contribution < 1.29 is 28.6 Å². The van der Waals surface area contributed by atoms with Crippen LogP contribution >= 0.6 is 0 Å². The Morgan fingerprint density at radius 1 is 0.968 bits per heavy atom. The van der Waals surface area contributed by atoms with Crippen LogP contribution in [0.4, 0.5) is 5.69 Å². The van der Waals surface area contributed by atoms with Crippen molar-refractivity contribution in [2.45, 2.75) is 20.3 Å². The highest BCUT2D eigenvalue weighted by Crippen LogP contribution is 2.25. The van der Waals surface area contributed by atoms with Gasteiger partial charge in [-0.25, -0.2) is 0 Å². The number of hydrogen-bond acceptors (Lipinski definition) is 6. The summed E-state index contributed by atoms with van der Waals surface area (Å²) in [7, 11) is 1.53. The van der Waals surface area contributed by atoms with E-state index < -0.39 is 18.5 Å². The van der Waals surface area contributed by atoms with E-state index in [4.69, 9.17) is 14.2 Å². The minimum Gasteiger partial charge on any atom is -0.493 e. The standard InChI is InChI=1S/C23H28N2O6/c1-16(2)14-24-23(28)17-8-4-5-9-18(17)25-21(26)15-31-22(27)12-13-30-20-11-7-6-10-19(20)29-3/h4-11,16H,12-15H2,1-3H3,(H,24,28)(H,25,26). The third-order valence-electron chi connectivity index (χ3n) is 4.11. The van der Waals surface area contributed by atoms with Crippen LogP contribution < -0.4 is 20.1 Å². The summed E-state index contributed by atoms with van der Waals surface area (Å²) in [6.07, 6.45) is -0.0283. The summed E-state index contributed by atoms with van der Waals surface area (Å²) < 4.78 is 15.7. The molecule has 2 N–H and O–H groups in total. The molecule has 2 rings (SSSR count). The van der Waals surface area contributed by atoms with Gasteiger partial charge in [-0.05, 0) is 30.2 Å². The van der Waals surface area contributed by atoms with E-state index in [1.54, 1.807) is 42.5 Å². The van der Waals surface area contributed by atoms with Gasteiger partial charge in [0.2, 0.25) is 0 Å². The number of amides is 2. The van der Waals surface area contributed by atoms with Gasteiger partial charge in [0, 0.05) is 6.54 Å². The van der Waals surface area contributed by atoms with E-state index in [0.29, 0.717) is 35.2 Å². The van der Waals surface area contributed by atoms with E-state index in [1.165, 1.54) is 7.11 Å². The first-order valence-corrected chi connectivity index (χ1v) is 9.99. The van der Waals surface area contributed by atoms with Gasteiger partial charge in [0.05, 0.1) is 31.4 Å². The van der Waals surface area contributed by atoms with Gasteiger partial charge in [0.25, 0.3) is 11.8 Å². The summed E-state index contributed by atoms with van der Waals surface area (Å²) in [5, 5.41) is 5.42. The number of esters is 1. The van der Waals surface area contributed by atoms with Crippen molar-refractivity contribution in [3.63, 3.8) is 0 Å². The third-order valence-corrected chi connectivity index (χ3v) is 4.11. The maximum absolute atomic E-state index is 12.3. The van der Waals surface area contributed by atoms with Gasteiger partial charge in [0.1, 0.15) is 0 Å². The number of carbonyl (C=O) groups is 3. The highest BCUT2D eigenvalue weighted by Gasteiger charge is 2.14. The minimum atomic E-state index is -0.576. The lowest BCUT2D eigenvalue weighted by atomic mass is 10.1. The Morgan fingerprint density at radius 3 is 2.35 bits per heavy atom. The molecule has 166 valence electrons. The minimum absolute atomic E-state index is 0.0283. The highest BCUT2D eigenvalue weighted by molar-refractivity contribution is 6.04. The molecule has 0 aliphatic carbocycles. The zero-order valence-corrected chi connectivity index (χ0v) is 18.0. The van der Waals surface area contributed by atoms with Crippen molar-refractivity contribution >= 4 is 23.5 Å². The first-order valence-electron chi connectivity index (χ1n) is 9.99. The van der Waals surface area contributed by atoms with Crippen molar-refractivity contribution in [3.05, 3.63) is 54.1 Å². The average molecular weight is 428 g/mol. The molecule has 0 saturated carbocycles. The molecule has 0 spiro atoms. The molecular weight excluding hydrogens is 400 g/mol. The maximum atomic E-state index is 12.3. The molecule has 0 fully saturated rings. The molecule has 8 nitrogen and oxygen atoms in total. The summed E-state index contributed by atoms with van der Waals surface area (Å²) in [6.45, 7) is 4.12. The van der Waals surface area contributed by atoms with E-state index in [1.807, 2.05) is 19.9 Å². The van der Waals surface area contributed by atoms with Crippen LogP contribution in [0.1, 0.15) is 30.6 Å². The van der Waals surface area contributed by atoms with Crippen LogP contribution in [0, 0.1) is 5.92 Å². The van der Waals surface area contributed by atoms with E-state index in [9.17, 15) is 14.4 Å². The summed E-state index contributed by atoms with van der Waals surface area (Å²) >= 11 is 0. The van der Waals surface area contributed by atoms with Crippen molar-refractivity contribution in [3.8, 4) is 11.5 Å². The van der Waals surface area contributed by atoms with Crippen molar-refractivity contribution in [2.24, 2.45) is 5.92 Å². The zero-order valence-electron chi connectivity index (χ0n) is 18.0. The monoisotopic (exact) mass is 428 g/mol. The Labute approximate surface area is 181 Å². The molecule has 0 bridgehead atoms. The molecule has 2 aromatic rings. The van der Waals surface area contributed by atoms with E-state index in [2.05, 4.69) is 10.6 Å². The van der Waals surface area contributed by atoms with Gasteiger partial charge >= 0.3 is 5.97 Å². The second-order valence-corrected chi connectivity index (χ2v) is 7.11. The number of benzene rings is 2. The Morgan fingerprint density at radius 2 is 1.65 bits per heavy atom. The lowest BCUT2D eigenvalue weighted by Gasteiger charge is -2.13. The normalized spacial score (nSPS) is 10.3. The maximum Gasteiger partial charge on any atom is 0.309 e. The Kier molecular flexibility index (Phi) is 9.35. The number of hydrogen-bond donors (Lipinski definition) is 2. The Hall–Kier alpha value is -3.55. The smallest absolute Gasteiger partial charge is 0.309 e. The number of anilines is 1. The molecule has 0 aromatic heterocycles. The number of carbonyl (C=O) groups excluding carboxylic acids is 3. The molecule has 8 heteroatoms. The molecule has 0 aliphatic rings. The zero-order chi connectivity index (χ0) is 22.6. The number of para-hydroxylation sites is 3. The third kappa shape index (κ3) is 8.00. The quantitative estimate of drug-likeness (QED) is 0.534. The topological polar surface area (TPSA) is 103 Å². The summed E-state index contributed by atoms with van der Waals surface area (Å²) in [5.41, 5.74) is 0.692. The van der Waals surface area contributed by atoms with Crippen molar-refractivity contribution in [1.82, 2.24) is 5.32 Å². The van der Waals surface area contributed by atoms with Crippen LogP contribution in [-0.2, 0) is 14.3 Å². The molecule has 31 heavy (non-hydrogen) atoms. The lowest BCUT2D eigenvalue weighted by Crippen LogP contribution is -2.29. The fourth-order valence-corrected chi connectivity index (χ4v) is 2.57. The largest absolute Gasteiger partial charge is 0.493 e. The van der Waals surface area contributed by atoms with Crippen LogP contribution in [0.25, 0.3) is 0 Å². The first kappa shape index (κ1) is 23.7. The first-order chi connectivity index (χ1) is 14.9. The molecule has 0 unspecified atom stereocenters. The second-order valence-electron chi connectivity index (χ2n) is 7.11. The van der Waals surface area contributed by atoms with Crippen LogP contribution in [0.2, 0.25) is 0 Å². The Bertz CT molecular complexity index is 897. The van der Waals surface area contributed by atoms with E-state index in [-0.39, 0.29) is 18.9 Å². The van der Waals surface area contributed by atoms with Crippen LogP contribution in [0.3, 0.4) is 0 Å². The van der Waals surface area contributed by atoms with Crippen molar-refractivity contribution in [2.75, 3.05) is 32.2 Å². The van der Waals surface area contributed by atoms with E-state index in [0.717, 1.165) is 0 Å². The van der Waals surface area contributed by atoms with Crippen molar-refractivity contribution in [1.29, 1.82) is 0 Å². The number of ether oxygens (including phenoxy) is 3. The SMILES string of the molecule is COc1ccccc1OCCC(=O)OCC(=O)Nc1ccccc1C(=O)NCC(C)C. The predicted octanol–water partition coefficient (Wildman–Crippen LogP) is 3.03. The molecule has 0 aliphatic heterocycles. The van der Waals surface area contributed by atoms with Gasteiger partial charge in [0.15, 0.2) is 18.1 Å². The Balaban J connectivity index is 1.79. The van der Waals surface area contributed by atoms with Gasteiger partial charge < -0.3 is 24.8 Å². The molecule has 0 atom stereocenters. The number of rotatable bonds is 11. The molecular formula is C23H28N2O6. The number of nitrogens with one attached hydrogen (secondary N) is 2. The average Bonchev–Trinajstić information content (AvgIpc) is 2.76. The molecule has 2 aromatic carbocycles. The second kappa shape index (κ2) is 12.2. The highest BCUT2D eigenvalue weighted by atomic mass is 16.5. The van der Waals surface area contributed by atoms with Crippen LogP contribution in [0.5, 0.6) is 11.5 Å². The van der Waals surface area contributed by atoms with Gasteiger partial charge in [-0.1, -0.05) is 38.1 Å². The lowest BCUT2D eigenvalue weighted by molar-refractivity contribution is -0.147. The molecule has 2 amide bonds. The van der Waals surface area contributed by atoms with Gasteiger partial charge in [-0.3, -0.25) is 14.4 Å². The fraction of sp³-hybridized carbons (Fsp3) is 0.348. The molecule has 0 heterocycles. The predicted molar refractivity (Wildman–Crippen MR) is 116 cm³/mol. The summed E-state index contributed by atoms with van der Waals surface area (Å²) in [5.74, 6) is -0.0162. The van der Waals surface area contributed by atoms with E-state index >= 15 is 0 Å². The van der Waals surface area contributed by atoms with Crippen LogP contribution in [0.15, 0.2) is 48.5 Å². The molecule has 0 radical (unpaired) electrons. The summed E-state index contributed by atoms with van der Waals surface area (Å²) in [4.78, 5) is 36.4. The van der Waals surface area contributed by atoms with Gasteiger partial charge in [-0.2, -0.15) is 0 Å². The number of methoxy groups -OCH3 is 1.